The molecule has 1 aliphatic heterocycles. The van der Waals surface area contributed by atoms with Crippen molar-refractivity contribution in [2.75, 3.05) is 0 Å². The first kappa shape index (κ1) is 10.1. The Morgan fingerprint density at radius 3 is 3.06 bits per heavy atom. The Hall–Kier alpha value is -2.10. The normalized spacial score (nSPS) is 17.5. The number of benzene rings is 1. The van der Waals surface area contributed by atoms with Crippen LogP contribution in [0.1, 0.15) is 5.56 Å². The summed E-state index contributed by atoms with van der Waals surface area (Å²) in [7, 11) is 0. The van der Waals surface area contributed by atoms with Gasteiger partial charge in [0.25, 0.3) is 0 Å². The van der Waals surface area contributed by atoms with Gasteiger partial charge in [-0.25, -0.2) is 9.78 Å². The molecular formula is C13H12N2O2. The van der Waals surface area contributed by atoms with Gasteiger partial charge in [0.05, 0.1) is 6.54 Å². The standard InChI is InChI=1S/C13H12N2O2/c16-13-14-6-3-7-15(13)9-11-8-10-4-1-2-5-12(10)17-11/h1-7,11H,8-9H2. The van der Waals surface area contributed by atoms with Crippen LogP contribution in [0.4, 0.5) is 0 Å². The van der Waals surface area contributed by atoms with Crippen LogP contribution in [0.5, 0.6) is 5.75 Å². The fourth-order valence-electron chi connectivity index (χ4n) is 2.10. The molecule has 1 atom stereocenters. The molecule has 0 saturated heterocycles. The van der Waals surface area contributed by atoms with E-state index < -0.39 is 0 Å². The highest BCUT2D eigenvalue weighted by atomic mass is 16.5. The molecule has 0 saturated carbocycles. The Balaban J connectivity index is 1.78. The summed E-state index contributed by atoms with van der Waals surface area (Å²) >= 11 is 0. The van der Waals surface area contributed by atoms with Crippen LogP contribution in [-0.4, -0.2) is 15.7 Å². The second kappa shape index (κ2) is 4.05. The molecule has 4 heteroatoms. The number of hydrogen-bond donors (Lipinski definition) is 0. The third-order valence-electron chi connectivity index (χ3n) is 2.90. The number of ether oxygens (including phenoxy) is 1. The smallest absolute Gasteiger partial charge is 0.347 e. The predicted molar refractivity (Wildman–Crippen MR) is 63.1 cm³/mol. The largest absolute Gasteiger partial charge is 0.488 e. The number of nitrogens with zero attached hydrogens (tertiary/aromatic N) is 2. The molecule has 0 fully saturated rings. The van der Waals surface area contributed by atoms with Crippen LogP contribution in [0.15, 0.2) is 47.5 Å². The van der Waals surface area contributed by atoms with Crippen molar-refractivity contribution < 1.29 is 4.74 Å². The van der Waals surface area contributed by atoms with Crippen LogP contribution < -0.4 is 10.4 Å². The topological polar surface area (TPSA) is 44.1 Å². The molecule has 17 heavy (non-hydrogen) atoms. The first-order valence-corrected chi connectivity index (χ1v) is 5.59. The first-order chi connectivity index (χ1) is 8.33. The minimum atomic E-state index is -0.230. The van der Waals surface area contributed by atoms with Crippen molar-refractivity contribution >= 4 is 0 Å². The van der Waals surface area contributed by atoms with Crippen molar-refractivity contribution in [1.82, 2.24) is 9.55 Å². The van der Waals surface area contributed by atoms with Gasteiger partial charge >= 0.3 is 5.69 Å². The Morgan fingerprint density at radius 1 is 1.35 bits per heavy atom. The van der Waals surface area contributed by atoms with Crippen molar-refractivity contribution in [2.24, 2.45) is 0 Å². The van der Waals surface area contributed by atoms with Crippen molar-refractivity contribution in [3.05, 3.63) is 58.8 Å². The molecule has 0 aliphatic carbocycles. The summed E-state index contributed by atoms with van der Waals surface area (Å²) in [4.78, 5) is 15.2. The summed E-state index contributed by atoms with van der Waals surface area (Å²) in [6.45, 7) is 0.543. The summed E-state index contributed by atoms with van der Waals surface area (Å²) in [5.41, 5.74) is 0.974. The Kier molecular flexibility index (Phi) is 2.40. The van der Waals surface area contributed by atoms with Gasteiger partial charge in [0.2, 0.25) is 0 Å². The molecule has 0 bridgehead atoms. The van der Waals surface area contributed by atoms with E-state index in [1.807, 2.05) is 18.2 Å². The van der Waals surface area contributed by atoms with E-state index in [0.29, 0.717) is 6.54 Å². The highest BCUT2D eigenvalue weighted by Gasteiger charge is 2.22. The van der Waals surface area contributed by atoms with Crippen molar-refractivity contribution in [3.8, 4) is 5.75 Å². The summed E-state index contributed by atoms with van der Waals surface area (Å²) < 4.78 is 7.36. The van der Waals surface area contributed by atoms with Crippen LogP contribution in [0, 0.1) is 0 Å². The second-order valence-electron chi connectivity index (χ2n) is 4.11. The quantitative estimate of drug-likeness (QED) is 0.777. The minimum Gasteiger partial charge on any atom is -0.488 e. The molecule has 86 valence electrons. The monoisotopic (exact) mass is 228 g/mol. The van der Waals surface area contributed by atoms with E-state index in [-0.39, 0.29) is 11.8 Å². The Bertz CT molecular complexity index is 567. The van der Waals surface area contributed by atoms with E-state index in [9.17, 15) is 4.79 Å². The Labute approximate surface area is 98.5 Å². The SMILES string of the molecule is O=c1ncccn1CC1Cc2ccccc2O1. The summed E-state index contributed by atoms with van der Waals surface area (Å²) in [5, 5.41) is 0. The van der Waals surface area contributed by atoms with Gasteiger partial charge in [0.1, 0.15) is 11.9 Å². The number of rotatable bonds is 2. The highest BCUT2D eigenvalue weighted by Crippen LogP contribution is 2.28. The molecule has 1 unspecified atom stereocenters. The molecule has 0 N–H and O–H groups in total. The maximum Gasteiger partial charge on any atom is 0.347 e. The molecule has 4 nitrogen and oxygen atoms in total. The van der Waals surface area contributed by atoms with E-state index in [2.05, 4.69) is 11.1 Å². The minimum absolute atomic E-state index is 0.0225. The van der Waals surface area contributed by atoms with Gasteiger partial charge in [-0.1, -0.05) is 18.2 Å². The molecule has 1 aliphatic rings. The van der Waals surface area contributed by atoms with Gasteiger partial charge in [0.15, 0.2) is 0 Å². The average Bonchev–Trinajstić information content (AvgIpc) is 2.74. The lowest BCUT2D eigenvalue weighted by Crippen LogP contribution is -2.29. The Morgan fingerprint density at radius 2 is 2.24 bits per heavy atom. The lowest BCUT2D eigenvalue weighted by atomic mass is 10.1. The molecule has 0 radical (unpaired) electrons. The van der Waals surface area contributed by atoms with Gasteiger partial charge in [-0.15, -0.1) is 0 Å². The second-order valence-corrected chi connectivity index (χ2v) is 4.11. The maximum atomic E-state index is 11.5. The number of fused-ring (bicyclic) bond motifs is 1. The molecule has 3 rings (SSSR count). The molecule has 0 amide bonds. The lowest BCUT2D eigenvalue weighted by molar-refractivity contribution is 0.207. The number of para-hydroxylation sites is 1. The van der Waals surface area contributed by atoms with Crippen molar-refractivity contribution in [1.29, 1.82) is 0 Å². The van der Waals surface area contributed by atoms with Gasteiger partial charge < -0.3 is 4.74 Å². The van der Waals surface area contributed by atoms with Gasteiger partial charge in [0, 0.05) is 18.8 Å². The van der Waals surface area contributed by atoms with Crippen LogP contribution in [-0.2, 0) is 13.0 Å². The van der Waals surface area contributed by atoms with E-state index in [0.717, 1.165) is 12.2 Å². The zero-order valence-electron chi connectivity index (χ0n) is 9.24. The molecule has 1 aromatic carbocycles. The van der Waals surface area contributed by atoms with E-state index in [1.165, 1.54) is 11.8 Å². The summed E-state index contributed by atoms with van der Waals surface area (Å²) in [6, 6.07) is 9.73. The van der Waals surface area contributed by atoms with E-state index >= 15 is 0 Å². The average molecular weight is 228 g/mol. The highest BCUT2D eigenvalue weighted by molar-refractivity contribution is 5.37. The summed E-state index contributed by atoms with van der Waals surface area (Å²) in [6.07, 6.45) is 4.11. The molecular weight excluding hydrogens is 216 g/mol. The van der Waals surface area contributed by atoms with Gasteiger partial charge in [-0.2, -0.15) is 0 Å². The van der Waals surface area contributed by atoms with Crippen LogP contribution >= 0.6 is 0 Å². The van der Waals surface area contributed by atoms with Crippen LogP contribution in [0.25, 0.3) is 0 Å². The zero-order valence-corrected chi connectivity index (χ0v) is 9.24. The maximum absolute atomic E-state index is 11.5. The third-order valence-corrected chi connectivity index (χ3v) is 2.90. The van der Waals surface area contributed by atoms with E-state index in [1.54, 1.807) is 16.8 Å². The van der Waals surface area contributed by atoms with Crippen molar-refractivity contribution in [2.45, 2.75) is 19.1 Å². The molecule has 2 aromatic rings. The van der Waals surface area contributed by atoms with Crippen LogP contribution in [0.3, 0.4) is 0 Å². The molecule has 2 heterocycles. The van der Waals surface area contributed by atoms with E-state index in [4.69, 9.17) is 4.74 Å². The predicted octanol–water partition coefficient (Wildman–Crippen LogP) is 1.25. The fraction of sp³-hybridized carbons (Fsp3) is 0.231. The first-order valence-electron chi connectivity index (χ1n) is 5.59. The number of aromatic nitrogens is 2. The molecule has 0 spiro atoms. The molecule has 1 aromatic heterocycles. The number of hydrogen-bond acceptors (Lipinski definition) is 3. The van der Waals surface area contributed by atoms with Crippen molar-refractivity contribution in [3.63, 3.8) is 0 Å². The van der Waals surface area contributed by atoms with Gasteiger partial charge in [-0.05, 0) is 17.7 Å². The van der Waals surface area contributed by atoms with Gasteiger partial charge in [-0.3, -0.25) is 4.57 Å². The fourth-order valence-corrected chi connectivity index (χ4v) is 2.10. The zero-order chi connectivity index (χ0) is 11.7. The van der Waals surface area contributed by atoms with Crippen LogP contribution in [0.2, 0.25) is 0 Å². The third kappa shape index (κ3) is 1.93. The lowest BCUT2D eigenvalue weighted by Gasteiger charge is -2.11. The summed E-state index contributed by atoms with van der Waals surface area (Å²) in [5.74, 6) is 0.925.